The van der Waals surface area contributed by atoms with Crippen molar-refractivity contribution in [2.45, 2.75) is 64.5 Å². The van der Waals surface area contributed by atoms with Crippen molar-refractivity contribution < 1.29 is 4.79 Å². The van der Waals surface area contributed by atoms with E-state index in [2.05, 4.69) is 24.5 Å². The van der Waals surface area contributed by atoms with Gasteiger partial charge in [-0.05, 0) is 39.2 Å². The van der Waals surface area contributed by atoms with E-state index in [9.17, 15) is 4.79 Å². The summed E-state index contributed by atoms with van der Waals surface area (Å²) in [6.45, 7) is 5.36. The van der Waals surface area contributed by atoms with Crippen LogP contribution < -0.4 is 10.6 Å². The Bertz CT molecular complexity index is 190. The smallest absolute Gasteiger partial charge is 0.220 e. The van der Waals surface area contributed by atoms with Crippen molar-refractivity contribution in [3.8, 4) is 0 Å². The van der Waals surface area contributed by atoms with Crippen molar-refractivity contribution in [3.63, 3.8) is 0 Å². The fourth-order valence-corrected chi connectivity index (χ4v) is 1.66. The van der Waals surface area contributed by atoms with Gasteiger partial charge in [0.1, 0.15) is 0 Å². The third kappa shape index (κ3) is 6.50. The van der Waals surface area contributed by atoms with Crippen LogP contribution in [0.15, 0.2) is 0 Å². The second-order valence-electron chi connectivity index (χ2n) is 4.59. The molecule has 0 heterocycles. The van der Waals surface area contributed by atoms with Crippen molar-refractivity contribution in [2.24, 2.45) is 0 Å². The fourth-order valence-electron chi connectivity index (χ4n) is 1.66. The maximum absolute atomic E-state index is 11.3. The second-order valence-corrected chi connectivity index (χ2v) is 4.59. The Morgan fingerprint density at radius 1 is 1.47 bits per heavy atom. The summed E-state index contributed by atoms with van der Waals surface area (Å²) in [5, 5.41) is 6.43. The van der Waals surface area contributed by atoms with E-state index in [-0.39, 0.29) is 5.91 Å². The molecule has 1 aliphatic carbocycles. The molecule has 0 saturated heterocycles. The van der Waals surface area contributed by atoms with E-state index in [1.807, 2.05) is 0 Å². The Morgan fingerprint density at radius 2 is 2.20 bits per heavy atom. The maximum Gasteiger partial charge on any atom is 0.220 e. The summed E-state index contributed by atoms with van der Waals surface area (Å²) in [7, 11) is 0. The van der Waals surface area contributed by atoms with Crippen molar-refractivity contribution >= 4 is 5.91 Å². The zero-order chi connectivity index (χ0) is 11.1. The lowest BCUT2D eigenvalue weighted by molar-refractivity contribution is -0.121. The van der Waals surface area contributed by atoms with E-state index < -0.39 is 0 Å². The number of nitrogens with one attached hydrogen (secondary N) is 2. The Hall–Kier alpha value is -0.570. The lowest BCUT2D eigenvalue weighted by atomic mass is 10.2. The van der Waals surface area contributed by atoms with Crippen LogP contribution in [0.25, 0.3) is 0 Å². The van der Waals surface area contributed by atoms with E-state index in [1.54, 1.807) is 0 Å². The van der Waals surface area contributed by atoms with Gasteiger partial charge in [-0.25, -0.2) is 0 Å². The van der Waals surface area contributed by atoms with Crippen LogP contribution in [0, 0.1) is 0 Å². The average Bonchev–Trinajstić information content (AvgIpc) is 2.97. The molecule has 1 fully saturated rings. The first-order chi connectivity index (χ1) is 7.22. The highest BCUT2D eigenvalue weighted by Gasteiger charge is 2.22. The molecule has 0 radical (unpaired) electrons. The van der Waals surface area contributed by atoms with Gasteiger partial charge in [0.15, 0.2) is 0 Å². The fraction of sp³-hybridized carbons (Fsp3) is 0.917. The zero-order valence-corrected chi connectivity index (χ0v) is 10.0. The van der Waals surface area contributed by atoms with E-state index in [1.165, 1.54) is 25.7 Å². The van der Waals surface area contributed by atoms with Crippen LogP contribution in [0.4, 0.5) is 0 Å². The lowest BCUT2D eigenvalue weighted by Gasteiger charge is -2.12. The molecule has 3 heteroatoms. The molecule has 0 spiro atoms. The monoisotopic (exact) mass is 212 g/mol. The van der Waals surface area contributed by atoms with Gasteiger partial charge in [0, 0.05) is 18.5 Å². The number of hydrogen-bond acceptors (Lipinski definition) is 2. The summed E-state index contributed by atoms with van der Waals surface area (Å²) in [5.41, 5.74) is 0. The van der Waals surface area contributed by atoms with Gasteiger partial charge in [0.25, 0.3) is 0 Å². The SMILES string of the molecule is CCCC(C)NCCCC(=O)NC1CC1. The molecule has 15 heavy (non-hydrogen) atoms. The minimum Gasteiger partial charge on any atom is -0.353 e. The van der Waals surface area contributed by atoms with Crippen LogP contribution in [-0.2, 0) is 4.79 Å². The molecule has 1 aliphatic rings. The summed E-state index contributed by atoms with van der Waals surface area (Å²) in [6, 6.07) is 1.09. The van der Waals surface area contributed by atoms with Crippen LogP contribution in [0.2, 0.25) is 0 Å². The van der Waals surface area contributed by atoms with Crippen LogP contribution in [0.1, 0.15) is 52.4 Å². The molecule has 0 aromatic rings. The third-order valence-corrected chi connectivity index (χ3v) is 2.74. The largest absolute Gasteiger partial charge is 0.353 e. The van der Waals surface area contributed by atoms with E-state index in [0.29, 0.717) is 18.5 Å². The van der Waals surface area contributed by atoms with Crippen molar-refractivity contribution in [3.05, 3.63) is 0 Å². The van der Waals surface area contributed by atoms with Crippen LogP contribution >= 0.6 is 0 Å². The molecule has 1 saturated carbocycles. The van der Waals surface area contributed by atoms with Crippen molar-refractivity contribution in [2.75, 3.05) is 6.54 Å². The molecule has 1 amide bonds. The average molecular weight is 212 g/mol. The summed E-state index contributed by atoms with van der Waals surface area (Å²) >= 11 is 0. The normalized spacial score (nSPS) is 17.5. The molecule has 88 valence electrons. The highest BCUT2D eigenvalue weighted by Crippen LogP contribution is 2.18. The van der Waals surface area contributed by atoms with Gasteiger partial charge in [-0.15, -0.1) is 0 Å². The Balaban J connectivity index is 1.88. The van der Waals surface area contributed by atoms with Gasteiger partial charge < -0.3 is 10.6 Å². The number of carbonyl (C=O) groups excluding carboxylic acids is 1. The van der Waals surface area contributed by atoms with Gasteiger partial charge in [-0.2, -0.15) is 0 Å². The number of rotatable bonds is 8. The third-order valence-electron chi connectivity index (χ3n) is 2.74. The number of amides is 1. The lowest BCUT2D eigenvalue weighted by Crippen LogP contribution is -2.29. The van der Waals surface area contributed by atoms with Gasteiger partial charge in [-0.1, -0.05) is 13.3 Å². The molecule has 0 bridgehead atoms. The molecule has 2 N–H and O–H groups in total. The molecule has 1 rings (SSSR count). The first kappa shape index (κ1) is 12.5. The van der Waals surface area contributed by atoms with Gasteiger partial charge in [0.2, 0.25) is 5.91 Å². The Morgan fingerprint density at radius 3 is 2.80 bits per heavy atom. The predicted molar refractivity (Wildman–Crippen MR) is 62.8 cm³/mol. The minimum absolute atomic E-state index is 0.224. The molecule has 1 unspecified atom stereocenters. The van der Waals surface area contributed by atoms with Crippen molar-refractivity contribution in [1.82, 2.24) is 10.6 Å². The topological polar surface area (TPSA) is 41.1 Å². The summed E-state index contributed by atoms with van der Waals surface area (Å²) in [5.74, 6) is 0.224. The predicted octanol–water partition coefficient (Wildman–Crippen LogP) is 1.82. The molecule has 0 aromatic carbocycles. The molecule has 0 aliphatic heterocycles. The molecule has 1 atom stereocenters. The highest BCUT2D eigenvalue weighted by molar-refractivity contribution is 5.76. The summed E-state index contributed by atoms with van der Waals surface area (Å²) < 4.78 is 0. The van der Waals surface area contributed by atoms with Crippen LogP contribution in [-0.4, -0.2) is 24.5 Å². The quantitative estimate of drug-likeness (QED) is 0.603. The minimum atomic E-state index is 0.224. The maximum atomic E-state index is 11.3. The van der Waals surface area contributed by atoms with E-state index in [0.717, 1.165) is 13.0 Å². The Kier molecular flexibility index (Phi) is 5.69. The summed E-state index contributed by atoms with van der Waals surface area (Å²) in [6.07, 6.45) is 6.41. The van der Waals surface area contributed by atoms with E-state index >= 15 is 0 Å². The molecular formula is C12H24N2O. The zero-order valence-electron chi connectivity index (χ0n) is 10.0. The van der Waals surface area contributed by atoms with Crippen LogP contribution in [0.5, 0.6) is 0 Å². The molecule has 3 nitrogen and oxygen atoms in total. The summed E-state index contributed by atoms with van der Waals surface area (Å²) in [4.78, 5) is 11.3. The molecule has 0 aromatic heterocycles. The number of hydrogen-bond donors (Lipinski definition) is 2. The second kappa shape index (κ2) is 6.83. The van der Waals surface area contributed by atoms with E-state index in [4.69, 9.17) is 0 Å². The van der Waals surface area contributed by atoms with Gasteiger partial charge >= 0.3 is 0 Å². The van der Waals surface area contributed by atoms with Crippen molar-refractivity contribution in [1.29, 1.82) is 0 Å². The first-order valence-corrected chi connectivity index (χ1v) is 6.25. The molecular weight excluding hydrogens is 188 g/mol. The van der Waals surface area contributed by atoms with Gasteiger partial charge in [-0.3, -0.25) is 4.79 Å². The van der Waals surface area contributed by atoms with Crippen LogP contribution in [0.3, 0.4) is 0 Å². The highest BCUT2D eigenvalue weighted by atomic mass is 16.1. The van der Waals surface area contributed by atoms with Gasteiger partial charge in [0.05, 0.1) is 0 Å². The number of carbonyl (C=O) groups is 1. The standard InChI is InChI=1S/C12H24N2O/c1-3-5-10(2)13-9-4-6-12(15)14-11-7-8-11/h10-11,13H,3-9H2,1-2H3,(H,14,15). The first-order valence-electron chi connectivity index (χ1n) is 6.25. The Labute approximate surface area is 93.0 Å².